The minimum absolute atomic E-state index is 0.0644. The van der Waals surface area contributed by atoms with Gasteiger partial charge in [0.2, 0.25) is 0 Å². The van der Waals surface area contributed by atoms with E-state index < -0.39 is 5.60 Å². The first-order chi connectivity index (χ1) is 24.1. The monoisotopic (exact) mass is 693 g/mol. The van der Waals surface area contributed by atoms with E-state index in [4.69, 9.17) is 14.5 Å². The average molecular weight is 694 g/mol. The van der Waals surface area contributed by atoms with Gasteiger partial charge in [0, 0.05) is 44.2 Å². The number of aryl methyl sites for hydroxylation is 1. The van der Waals surface area contributed by atoms with Gasteiger partial charge >= 0.3 is 6.09 Å². The van der Waals surface area contributed by atoms with Gasteiger partial charge in [0.1, 0.15) is 23.1 Å². The molecule has 9 nitrogen and oxygen atoms in total. The maximum atomic E-state index is 13.8. The van der Waals surface area contributed by atoms with Crippen molar-refractivity contribution in [1.82, 2.24) is 19.7 Å². The Hall–Kier alpha value is -4.08. The molecule has 1 saturated heterocycles. The molecule has 2 saturated carbocycles. The van der Waals surface area contributed by atoms with Crippen molar-refractivity contribution in [3.8, 4) is 23.7 Å². The van der Waals surface area contributed by atoms with Crippen molar-refractivity contribution in [1.29, 1.82) is 5.26 Å². The molecule has 0 atom stereocenters. The number of hydrogen-bond donors (Lipinski definition) is 0. The highest BCUT2D eigenvalue weighted by Gasteiger charge is 2.64. The largest absolute Gasteiger partial charge is 0.495 e. The van der Waals surface area contributed by atoms with Crippen LogP contribution in [-0.2, 0) is 17.7 Å². The van der Waals surface area contributed by atoms with Crippen LogP contribution >= 0.6 is 0 Å². The lowest BCUT2D eigenvalue weighted by Crippen LogP contribution is -2.69. The molecule has 51 heavy (non-hydrogen) atoms. The summed E-state index contributed by atoms with van der Waals surface area (Å²) in [4.78, 5) is 37.6. The number of nitrogens with zero attached hydrogens (tertiary/aromatic N) is 5. The summed E-state index contributed by atoms with van der Waals surface area (Å²) >= 11 is 0. The normalized spacial score (nSPS) is 25.6. The zero-order chi connectivity index (χ0) is 36.7. The molecule has 9 heteroatoms. The van der Waals surface area contributed by atoms with E-state index in [9.17, 15) is 14.9 Å². The van der Waals surface area contributed by atoms with Crippen LogP contribution in [0.3, 0.4) is 0 Å². The second kappa shape index (κ2) is 14.2. The summed E-state index contributed by atoms with van der Waals surface area (Å²) in [5.41, 5.74) is 3.39. The van der Waals surface area contributed by atoms with Crippen LogP contribution in [0.5, 0.6) is 5.75 Å². The molecule has 3 heterocycles. The summed E-state index contributed by atoms with van der Waals surface area (Å²) in [6, 6.07) is 12.5. The maximum Gasteiger partial charge on any atom is 0.410 e. The number of ether oxygens (including phenoxy) is 2. The van der Waals surface area contributed by atoms with Crippen LogP contribution in [0.15, 0.2) is 30.3 Å². The van der Waals surface area contributed by atoms with E-state index in [1.165, 1.54) is 0 Å². The predicted octanol–water partition coefficient (Wildman–Crippen LogP) is 7.06. The standard InChI is InChI=1S/C42H55N5O4/c1-40(2,3)51-39(49)46-23-21-45(22-24-46)32-17-11-28(12-18-32)10-15-31-16-19-33-34(44-31)27-47(37(33)48)38-41(4,5)36(42(38,6)7)20-13-29-9-14-30(26-43)35(25-29)50-8/h9,14,16,19,25,28,32,36,38H,11-13,17-18,20-24,27H2,1-8H3/t28?,32?,36-,38-. The van der Waals surface area contributed by atoms with Crippen LogP contribution in [0, 0.1) is 45.8 Å². The number of carbonyl (C=O) groups is 2. The number of aromatic nitrogens is 1. The van der Waals surface area contributed by atoms with Crippen molar-refractivity contribution < 1.29 is 19.1 Å². The second-order valence-electron chi connectivity index (χ2n) is 17.2. The Labute approximate surface area is 304 Å². The molecule has 0 radical (unpaired) electrons. The number of methoxy groups -OCH3 is 1. The van der Waals surface area contributed by atoms with Gasteiger partial charge in [-0.25, -0.2) is 9.78 Å². The van der Waals surface area contributed by atoms with Gasteiger partial charge in [0.05, 0.1) is 30.5 Å². The van der Waals surface area contributed by atoms with Gasteiger partial charge in [-0.1, -0.05) is 39.7 Å². The Morgan fingerprint density at radius 1 is 1.00 bits per heavy atom. The molecule has 4 aliphatic rings. The maximum absolute atomic E-state index is 13.8. The fourth-order valence-electron chi connectivity index (χ4n) is 9.88. The van der Waals surface area contributed by atoms with Gasteiger partial charge in [0.15, 0.2) is 0 Å². The van der Waals surface area contributed by atoms with E-state index in [-0.39, 0.29) is 28.9 Å². The third-order valence-electron chi connectivity index (χ3n) is 12.0. The van der Waals surface area contributed by atoms with Crippen LogP contribution in [-0.4, -0.2) is 82.7 Å². The van der Waals surface area contributed by atoms with Crippen LogP contribution in [0.25, 0.3) is 0 Å². The topological polar surface area (TPSA) is 99.0 Å². The molecule has 3 fully saturated rings. The lowest BCUT2D eigenvalue weighted by molar-refractivity contribution is -0.170. The van der Waals surface area contributed by atoms with Gasteiger partial charge in [-0.15, -0.1) is 0 Å². The number of benzene rings is 1. The Kier molecular flexibility index (Phi) is 10.2. The molecule has 6 rings (SSSR count). The predicted molar refractivity (Wildman–Crippen MR) is 197 cm³/mol. The molecule has 1 aromatic heterocycles. The molecular formula is C42H55N5O4. The summed E-state index contributed by atoms with van der Waals surface area (Å²) in [5.74, 6) is 8.33. The zero-order valence-corrected chi connectivity index (χ0v) is 31.8. The Balaban J connectivity index is 1.02. The quantitative estimate of drug-likeness (QED) is 0.299. The first-order valence-electron chi connectivity index (χ1n) is 18.7. The van der Waals surface area contributed by atoms with Crippen LogP contribution in [0.2, 0.25) is 0 Å². The van der Waals surface area contributed by atoms with E-state index in [0.717, 1.165) is 68.6 Å². The second-order valence-corrected chi connectivity index (χ2v) is 17.2. The molecule has 2 aromatic rings. The van der Waals surface area contributed by atoms with Crippen LogP contribution < -0.4 is 4.74 Å². The van der Waals surface area contributed by atoms with Gasteiger partial charge in [-0.2, -0.15) is 5.26 Å². The van der Waals surface area contributed by atoms with E-state index in [1.54, 1.807) is 7.11 Å². The van der Waals surface area contributed by atoms with Gasteiger partial charge in [0.25, 0.3) is 5.91 Å². The lowest BCUT2D eigenvalue weighted by Gasteiger charge is -2.67. The van der Waals surface area contributed by atoms with E-state index in [1.807, 2.05) is 56.0 Å². The molecule has 1 aromatic carbocycles. The molecule has 0 unspecified atom stereocenters. The fourth-order valence-corrected chi connectivity index (χ4v) is 9.88. The molecule has 2 amide bonds. The summed E-state index contributed by atoms with van der Waals surface area (Å²) in [7, 11) is 1.60. The van der Waals surface area contributed by atoms with E-state index in [2.05, 4.69) is 55.4 Å². The third kappa shape index (κ3) is 7.47. The van der Waals surface area contributed by atoms with Crippen molar-refractivity contribution in [2.45, 2.75) is 111 Å². The van der Waals surface area contributed by atoms with Crippen molar-refractivity contribution in [3.63, 3.8) is 0 Å². The highest BCUT2D eigenvalue weighted by atomic mass is 16.6. The number of nitriles is 1. The van der Waals surface area contributed by atoms with E-state index in [0.29, 0.717) is 54.4 Å². The molecule has 0 N–H and O–H groups in total. The number of pyridine rings is 1. The smallest absolute Gasteiger partial charge is 0.410 e. The summed E-state index contributed by atoms with van der Waals surface area (Å²) in [6.07, 6.45) is 6.02. The first-order valence-corrected chi connectivity index (χ1v) is 18.7. The van der Waals surface area contributed by atoms with Crippen LogP contribution in [0.4, 0.5) is 4.79 Å². The average Bonchev–Trinajstić information content (AvgIpc) is 3.40. The minimum atomic E-state index is -0.471. The van der Waals surface area contributed by atoms with Crippen LogP contribution in [0.1, 0.15) is 113 Å². The molecule has 2 aliphatic heterocycles. The Morgan fingerprint density at radius 3 is 2.31 bits per heavy atom. The zero-order valence-electron chi connectivity index (χ0n) is 31.8. The first kappa shape index (κ1) is 36.7. The van der Waals surface area contributed by atoms with E-state index >= 15 is 0 Å². The van der Waals surface area contributed by atoms with Crippen molar-refractivity contribution in [3.05, 3.63) is 58.4 Å². The third-order valence-corrected chi connectivity index (χ3v) is 12.0. The molecular weight excluding hydrogens is 638 g/mol. The Bertz CT molecular complexity index is 1730. The minimum Gasteiger partial charge on any atom is -0.495 e. The fraction of sp³-hybridized carbons (Fsp3) is 0.619. The van der Waals surface area contributed by atoms with Crippen molar-refractivity contribution in [2.24, 2.45) is 22.7 Å². The highest BCUT2D eigenvalue weighted by Crippen LogP contribution is 2.63. The Morgan fingerprint density at radius 2 is 1.69 bits per heavy atom. The van der Waals surface area contributed by atoms with Crippen molar-refractivity contribution >= 4 is 12.0 Å². The number of amides is 2. The molecule has 0 spiro atoms. The summed E-state index contributed by atoms with van der Waals surface area (Å²) < 4.78 is 11.0. The molecule has 272 valence electrons. The van der Waals surface area contributed by atoms with Gasteiger partial charge in [-0.05, 0) is 112 Å². The molecule has 2 aliphatic carbocycles. The van der Waals surface area contributed by atoms with Gasteiger partial charge < -0.3 is 19.3 Å². The van der Waals surface area contributed by atoms with Crippen molar-refractivity contribution in [2.75, 3.05) is 33.3 Å². The highest BCUT2D eigenvalue weighted by molar-refractivity contribution is 5.98. The van der Waals surface area contributed by atoms with Gasteiger partial charge in [-0.3, -0.25) is 9.69 Å². The summed E-state index contributed by atoms with van der Waals surface area (Å²) in [5, 5.41) is 9.36. The number of hydrogen-bond acceptors (Lipinski definition) is 7. The lowest BCUT2D eigenvalue weighted by atomic mass is 9.43. The molecule has 0 bridgehead atoms. The number of fused-ring (bicyclic) bond motifs is 1. The number of piperazine rings is 1. The number of carbonyl (C=O) groups excluding carboxylic acids is 2. The SMILES string of the molecule is COc1cc(CC[C@H]2C(C)(C)[C@H](N3Cc4nc(C#CC5CCC(N6CCN(C(=O)OC(C)(C)C)CC6)CC5)ccc4C3=O)C2(C)C)ccc1C#N. The number of rotatable bonds is 6. The summed E-state index contributed by atoms with van der Waals surface area (Å²) in [6.45, 7) is 18.6.